The summed E-state index contributed by atoms with van der Waals surface area (Å²) >= 11 is 0. The third-order valence-corrected chi connectivity index (χ3v) is 4.70. The van der Waals surface area contributed by atoms with Gasteiger partial charge in [-0.1, -0.05) is 30.3 Å². The second-order valence-electron chi connectivity index (χ2n) is 6.92. The molecule has 31 heavy (non-hydrogen) atoms. The fourth-order valence-electron chi connectivity index (χ4n) is 3.07. The first kappa shape index (κ1) is 21.5. The van der Waals surface area contributed by atoms with Gasteiger partial charge < -0.3 is 15.5 Å². The molecule has 0 atom stereocenters. The minimum absolute atomic E-state index is 0.182. The highest BCUT2D eigenvalue weighted by Crippen LogP contribution is 2.29. The van der Waals surface area contributed by atoms with Crippen molar-refractivity contribution >= 4 is 28.9 Å². The van der Waals surface area contributed by atoms with Gasteiger partial charge in [0.25, 0.3) is 17.5 Å². The van der Waals surface area contributed by atoms with E-state index in [-0.39, 0.29) is 23.1 Å². The maximum absolute atomic E-state index is 12.8. The van der Waals surface area contributed by atoms with Crippen molar-refractivity contribution in [2.75, 3.05) is 19.4 Å². The zero-order valence-corrected chi connectivity index (χ0v) is 17.2. The van der Waals surface area contributed by atoms with Crippen molar-refractivity contribution < 1.29 is 14.5 Å². The van der Waals surface area contributed by atoms with Crippen molar-refractivity contribution in [1.29, 1.82) is 0 Å². The number of nitrogens with zero attached hydrogens (tertiary/aromatic N) is 2. The highest BCUT2D eigenvalue weighted by Gasteiger charge is 2.20. The fraction of sp³-hybridized carbons (Fsp3) is 0.130. The maximum Gasteiger partial charge on any atom is 0.293 e. The average molecular weight is 418 g/mol. The number of nitro groups is 1. The first-order valence-electron chi connectivity index (χ1n) is 9.56. The summed E-state index contributed by atoms with van der Waals surface area (Å²) in [6, 6.07) is 20.4. The monoisotopic (exact) mass is 418 g/mol. The molecule has 0 saturated carbocycles. The van der Waals surface area contributed by atoms with Crippen LogP contribution in [0.5, 0.6) is 0 Å². The van der Waals surface area contributed by atoms with E-state index >= 15 is 0 Å². The number of amides is 2. The van der Waals surface area contributed by atoms with Gasteiger partial charge in [0.1, 0.15) is 5.69 Å². The van der Waals surface area contributed by atoms with Crippen LogP contribution in [0.3, 0.4) is 0 Å². The molecule has 3 aromatic carbocycles. The molecule has 0 aromatic heterocycles. The molecule has 2 N–H and O–H groups in total. The summed E-state index contributed by atoms with van der Waals surface area (Å²) in [5, 5.41) is 17.1. The van der Waals surface area contributed by atoms with Crippen LogP contribution in [0.15, 0.2) is 72.8 Å². The van der Waals surface area contributed by atoms with Gasteiger partial charge in [-0.25, -0.2) is 0 Å². The van der Waals surface area contributed by atoms with Gasteiger partial charge >= 0.3 is 0 Å². The van der Waals surface area contributed by atoms with E-state index in [9.17, 15) is 19.7 Å². The molecular weight excluding hydrogens is 396 g/mol. The molecule has 2 amide bonds. The first-order valence-corrected chi connectivity index (χ1v) is 9.56. The first-order chi connectivity index (χ1) is 14.9. The lowest BCUT2D eigenvalue weighted by Gasteiger charge is -2.18. The Labute approximate surface area is 179 Å². The topological polar surface area (TPSA) is 105 Å². The van der Waals surface area contributed by atoms with Crippen LogP contribution in [0.25, 0.3) is 0 Å². The number of hydrogen-bond acceptors (Lipinski definition) is 5. The van der Waals surface area contributed by atoms with E-state index in [1.165, 1.54) is 17.0 Å². The van der Waals surface area contributed by atoms with E-state index in [4.69, 9.17) is 0 Å². The van der Waals surface area contributed by atoms with Crippen LogP contribution in [-0.2, 0) is 6.54 Å². The number of carbonyl (C=O) groups is 2. The molecule has 8 heteroatoms. The minimum Gasteiger partial charge on any atom is -0.355 e. The number of benzene rings is 3. The Bertz CT molecular complexity index is 1100. The Morgan fingerprint density at radius 2 is 1.61 bits per heavy atom. The van der Waals surface area contributed by atoms with Gasteiger partial charge in [-0.2, -0.15) is 0 Å². The SMILES string of the molecule is CNC(=O)c1ccc(CN(C)C(=O)c2ccc(Nc3ccccc3)c([N+](=O)[O-])c2)cc1. The molecule has 3 aromatic rings. The summed E-state index contributed by atoms with van der Waals surface area (Å²) in [7, 11) is 3.18. The molecular formula is C23H22N4O4. The summed E-state index contributed by atoms with van der Waals surface area (Å²) in [6.45, 7) is 0.296. The summed E-state index contributed by atoms with van der Waals surface area (Å²) in [4.78, 5) is 37.0. The summed E-state index contributed by atoms with van der Waals surface area (Å²) in [5.74, 6) is -0.530. The lowest BCUT2D eigenvalue weighted by atomic mass is 10.1. The van der Waals surface area contributed by atoms with Crippen LogP contribution in [-0.4, -0.2) is 35.7 Å². The fourth-order valence-corrected chi connectivity index (χ4v) is 3.07. The number of carbonyl (C=O) groups excluding carboxylic acids is 2. The molecule has 0 spiro atoms. The molecule has 0 radical (unpaired) electrons. The number of hydrogen-bond donors (Lipinski definition) is 2. The highest BCUT2D eigenvalue weighted by atomic mass is 16.6. The van der Waals surface area contributed by atoms with E-state index < -0.39 is 4.92 Å². The number of para-hydroxylation sites is 1. The quantitative estimate of drug-likeness (QED) is 0.446. The minimum atomic E-state index is -0.514. The van der Waals surface area contributed by atoms with Crippen molar-refractivity contribution in [3.05, 3.63) is 99.6 Å². The normalized spacial score (nSPS) is 10.3. The summed E-state index contributed by atoms with van der Waals surface area (Å²) in [6.07, 6.45) is 0. The Hall–Kier alpha value is -4.20. The van der Waals surface area contributed by atoms with Gasteiger partial charge in [0.2, 0.25) is 0 Å². The molecule has 0 heterocycles. The molecule has 158 valence electrons. The van der Waals surface area contributed by atoms with Crippen LogP contribution in [0.1, 0.15) is 26.3 Å². The summed E-state index contributed by atoms with van der Waals surface area (Å²) < 4.78 is 0. The van der Waals surface area contributed by atoms with Crippen molar-refractivity contribution in [2.45, 2.75) is 6.54 Å². The maximum atomic E-state index is 12.8. The lowest BCUT2D eigenvalue weighted by molar-refractivity contribution is -0.383. The van der Waals surface area contributed by atoms with E-state index in [1.807, 2.05) is 18.2 Å². The van der Waals surface area contributed by atoms with Crippen molar-refractivity contribution in [1.82, 2.24) is 10.2 Å². The third-order valence-electron chi connectivity index (χ3n) is 4.70. The Balaban J connectivity index is 1.76. The van der Waals surface area contributed by atoms with Crippen molar-refractivity contribution in [3.63, 3.8) is 0 Å². The van der Waals surface area contributed by atoms with Gasteiger partial charge in [0.15, 0.2) is 0 Å². The van der Waals surface area contributed by atoms with Gasteiger partial charge in [-0.3, -0.25) is 19.7 Å². The van der Waals surface area contributed by atoms with Crippen molar-refractivity contribution in [3.8, 4) is 0 Å². The van der Waals surface area contributed by atoms with Gasteiger partial charge in [-0.15, -0.1) is 0 Å². The molecule has 0 aliphatic rings. The number of rotatable bonds is 7. The average Bonchev–Trinajstić information content (AvgIpc) is 2.79. The highest BCUT2D eigenvalue weighted by molar-refractivity contribution is 5.96. The molecule has 0 fully saturated rings. The van der Waals surface area contributed by atoms with Crippen molar-refractivity contribution in [2.24, 2.45) is 0 Å². The number of nitro benzene ring substituents is 1. The van der Waals surface area contributed by atoms with Gasteiger partial charge in [-0.05, 0) is 42.0 Å². The van der Waals surface area contributed by atoms with E-state index in [2.05, 4.69) is 10.6 Å². The largest absolute Gasteiger partial charge is 0.355 e. The molecule has 0 bridgehead atoms. The number of anilines is 2. The lowest BCUT2D eigenvalue weighted by Crippen LogP contribution is -2.26. The van der Waals surface area contributed by atoms with Crippen LogP contribution < -0.4 is 10.6 Å². The van der Waals surface area contributed by atoms with Crippen LogP contribution >= 0.6 is 0 Å². The Kier molecular flexibility index (Phi) is 6.61. The smallest absolute Gasteiger partial charge is 0.293 e. The predicted octanol–water partition coefficient (Wildman–Crippen LogP) is 3.97. The molecule has 0 unspecified atom stereocenters. The van der Waals surface area contributed by atoms with E-state index in [1.54, 1.807) is 56.6 Å². The molecule has 8 nitrogen and oxygen atoms in total. The van der Waals surface area contributed by atoms with Crippen LogP contribution in [0, 0.1) is 10.1 Å². The Morgan fingerprint density at radius 1 is 0.968 bits per heavy atom. The molecule has 0 saturated heterocycles. The van der Waals surface area contributed by atoms with E-state index in [0.29, 0.717) is 23.5 Å². The molecule has 0 aliphatic carbocycles. The second kappa shape index (κ2) is 9.53. The summed E-state index contributed by atoms with van der Waals surface area (Å²) in [5.41, 5.74) is 2.41. The standard InChI is InChI=1S/C23H22N4O4/c1-24-22(28)17-10-8-16(9-11-17)15-26(2)23(29)18-12-13-20(21(14-18)27(30)31)25-19-6-4-3-5-7-19/h3-14,25H,15H2,1-2H3,(H,24,28). The Morgan fingerprint density at radius 3 is 2.23 bits per heavy atom. The predicted molar refractivity (Wildman–Crippen MR) is 118 cm³/mol. The second-order valence-corrected chi connectivity index (χ2v) is 6.92. The zero-order chi connectivity index (χ0) is 22.4. The van der Waals surface area contributed by atoms with Crippen LogP contribution in [0.2, 0.25) is 0 Å². The third kappa shape index (κ3) is 5.24. The zero-order valence-electron chi connectivity index (χ0n) is 17.2. The molecule has 3 rings (SSSR count). The molecule has 0 aliphatic heterocycles. The van der Waals surface area contributed by atoms with Gasteiger partial charge in [0.05, 0.1) is 4.92 Å². The van der Waals surface area contributed by atoms with Gasteiger partial charge in [0, 0.05) is 43.5 Å². The van der Waals surface area contributed by atoms with E-state index in [0.717, 1.165) is 5.56 Å². The number of nitrogens with one attached hydrogen (secondary N) is 2. The van der Waals surface area contributed by atoms with Crippen LogP contribution in [0.4, 0.5) is 17.1 Å².